The number of fused-ring (bicyclic) bond motifs is 2. The van der Waals surface area contributed by atoms with Gasteiger partial charge >= 0.3 is 0 Å². The summed E-state index contributed by atoms with van der Waals surface area (Å²) in [6.07, 6.45) is 2.81. The van der Waals surface area contributed by atoms with Crippen molar-refractivity contribution in [3.05, 3.63) is 77.9 Å². The Morgan fingerprint density at radius 2 is 1.71 bits per heavy atom. The fourth-order valence-corrected chi connectivity index (χ4v) is 8.25. The first-order chi connectivity index (χ1) is 18.1. The molecule has 0 aromatic heterocycles. The van der Waals surface area contributed by atoms with Crippen molar-refractivity contribution in [1.82, 2.24) is 4.31 Å². The number of carbonyl (C=O) groups is 2. The molecule has 0 saturated heterocycles. The van der Waals surface area contributed by atoms with Crippen molar-refractivity contribution in [2.24, 2.45) is 17.8 Å². The third-order valence-electron chi connectivity index (χ3n) is 8.42. The molecule has 3 aromatic rings. The van der Waals surface area contributed by atoms with E-state index in [0.717, 1.165) is 34.3 Å². The molecule has 1 amide bonds. The molecule has 1 saturated carbocycles. The molecule has 0 radical (unpaired) electrons. The van der Waals surface area contributed by atoms with E-state index in [2.05, 4.69) is 20.8 Å². The van der Waals surface area contributed by atoms with E-state index in [1.165, 1.54) is 12.1 Å². The summed E-state index contributed by atoms with van der Waals surface area (Å²) < 4.78 is 35.2. The number of ketones is 1. The van der Waals surface area contributed by atoms with Gasteiger partial charge in [-0.1, -0.05) is 81.8 Å². The van der Waals surface area contributed by atoms with Crippen molar-refractivity contribution >= 4 is 32.5 Å². The summed E-state index contributed by atoms with van der Waals surface area (Å²) in [4.78, 5) is 28.0. The number of amides is 1. The summed E-state index contributed by atoms with van der Waals surface area (Å²) in [6, 6.07) is 19.1. The number of Topliss-reactive ketones (excluding diaryl/α,β-unsaturated/α-hetero) is 1. The highest BCUT2D eigenvalue weighted by molar-refractivity contribution is 7.90. The molecule has 3 aromatic carbocycles. The summed E-state index contributed by atoms with van der Waals surface area (Å²) in [7, 11) is -4.35. The molecule has 200 valence electrons. The van der Waals surface area contributed by atoms with Crippen molar-refractivity contribution in [1.29, 1.82) is 0 Å². The monoisotopic (exact) mass is 533 g/mol. The number of hydrogen-bond acceptors (Lipinski definition) is 5. The summed E-state index contributed by atoms with van der Waals surface area (Å²) in [5.41, 5.74) is -1.21. The Kier molecular flexibility index (Phi) is 6.95. The predicted octanol–water partition coefficient (Wildman–Crippen LogP) is 5.95. The van der Waals surface area contributed by atoms with E-state index < -0.39 is 33.9 Å². The van der Waals surface area contributed by atoms with Crippen LogP contribution >= 0.6 is 0 Å². The Morgan fingerprint density at radius 1 is 1.03 bits per heavy atom. The quantitative estimate of drug-likeness (QED) is 0.405. The van der Waals surface area contributed by atoms with Gasteiger partial charge in [0, 0.05) is 5.56 Å². The summed E-state index contributed by atoms with van der Waals surface area (Å²) >= 11 is 0. The molecule has 1 heterocycles. The van der Waals surface area contributed by atoms with Crippen molar-refractivity contribution in [2.75, 3.05) is 6.61 Å². The highest BCUT2D eigenvalue weighted by atomic mass is 32.2. The van der Waals surface area contributed by atoms with Crippen LogP contribution in [0.3, 0.4) is 0 Å². The molecule has 0 N–H and O–H groups in total. The third-order valence-corrected chi connectivity index (χ3v) is 10.4. The zero-order valence-electron chi connectivity index (χ0n) is 22.4. The van der Waals surface area contributed by atoms with Crippen LogP contribution in [0.5, 0.6) is 0 Å². The molecule has 7 heteroatoms. The van der Waals surface area contributed by atoms with Crippen LogP contribution in [-0.4, -0.2) is 37.1 Å². The van der Waals surface area contributed by atoms with E-state index in [4.69, 9.17) is 4.74 Å². The first-order valence-corrected chi connectivity index (χ1v) is 14.8. The average Bonchev–Trinajstić information content (AvgIpc) is 2.90. The van der Waals surface area contributed by atoms with E-state index in [0.29, 0.717) is 23.3 Å². The van der Waals surface area contributed by atoms with Gasteiger partial charge in [-0.05, 0) is 66.0 Å². The van der Waals surface area contributed by atoms with Crippen molar-refractivity contribution in [3.8, 4) is 0 Å². The van der Waals surface area contributed by atoms with Gasteiger partial charge in [0.25, 0.3) is 15.9 Å². The average molecular weight is 534 g/mol. The largest absolute Gasteiger partial charge is 0.368 e. The number of benzene rings is 3. The molecule has 1 aliphatic carbocycles. The van der Waals surface area contributed by atoms with Gasteiger partial charge in [-0.3, -0.25) is 9.59 Å². The molecule has 0 bridgehead atoms. The molecule has 6 nitrogen and oxygen atoms in total. The number of carbonyl (C=O) groups excluding carboxylic acids is 2. The molecule has 4 atom stereocenters. The van der Waals surface area contributed by atoms with Crippen LogP contribution in [0.15, 0.2) is 71.6 Å². The Balaban J connectivity index is 1.61. The zero-order chi connectivity index (χ0) is 27.2. The van der Waals surface area contributed by atoms with Gasteiger partial charge < -0.3 is 4.74 Å². The Morgan fingerprint density at radius 3 is 2.47 bits per heavy atom. The second kappa shape index (κ2) is 9.93. The maximum Gasteiger partial charge on any atom is 0.268 e. The normalized spacial score (nSPS) is 26.9. The zero-order valence-corrected chi connectivity index (χ0v) is 23.2. The first kappa shape index (κ1) is 26.6. The van der Waals surface area contributed by atoms with Crippen LogP contribution in [0.2, 0.25) is 0 Å². The lowest BCUT2D eigenvalue weighted by molar-refractivity contribution is -0.140. The van der Waals surface area contributed by atoms with Crippen LogP contribution < -0.4 is 0 Å². The van der Waals surface area contributed by atoms with Crippen LogP contribution in [0.25, 0.3) is 10.8 Å². The molecule has 1 aliphatic heterocycles. The molecule has 38 heavy (non-hydrogen) atoms. The van der Waals surface area contributed by atoms with Gasteiger partial charge in [-0.25, -0.2) is 12.7 Å². The number of ether oxygens (including phenoxy) is 1. The van der Waals surface area contributed by atoms with E-state index in [-0.39, 0.29) is 16.6 Å². The summed E-state index contributed by atoms with van der Waals surface area (Å²) in [5.74, 6) is -0.0132. The van der Waals surface area contributed by atoms with E-state index in [1.807, 2.05) is 30.3 Å². The minimum atomic E-state index is -4.35. The molecule has 0 unspecified atom stereocenters. The predicted molar refractivity (Wildman–Crippen MR) is 147 cm³/mol. The maximum atomic E-state index is 14.2. The summed E-state index contributed by atoms with van der Waals surface area (Å²) in [6.45, 7) is 7.62. The standard InChI is InChI=1S/C31H35NO5S/c1-20(2)23-17-16-21(3)18-27(23)37-19-29(33)32-31(4,26-14-9-11-22-10-5-6-12-24(22)26)30(34)25-13-7-8-15-28(25)38(32,35)36/h5-15,20-21,23,27H,16-19H2,1-4H3/t21-,23+,27+,31-/m1/s1. The molecule has 0 spiro atoms. The van der Waals surface area contributed by atoms with Crippen LogP contribution in [0, 0.1) is 17.8 Å². The number of sulfonamides is 1. The van der Waals surface area contributed by atoms with Gasteiger partial charge in [-0.2, -0.15) is 0 Å². The number of nitrogens with zero attached hydrogens (tertiary/aromatic N) is 1. The second-order valence-electron chi connectivity index (χ2n) is 11.3. The van der Waals surface area contributed by atoms with Gasteiger partial charge in [-0.15, -0.1) is 0 Å². The van der Waals surface area contributed by atoms with Crippen molar-refractivity contribution in [3.63, 3.8) is 0 Å². The molecule has 2 aliphatic rings. The molecular formula is C31H35NO5S. The number of hydrogen-bond donors (Lipinski definition) is 0. The Labute approximate surface area is 225 Å². The Bertz CT molecular complexity index is 1490. The van der Waals surface area contributed by atoms with Gasteiger partial charge in [0.1, 0.15) is 12.1 Å². The third kappa shape index (κ3) is 4.26. The van der Waals surface area contributed by atoms with E-state index in [9.17, 15) is 18.0 Å². The van der Waals surface area contributed by atoms with Crippen LogP contribution in [0.4, 0.5) is 0 Å². The highest BCUT2D eigenvalue weighted by Gasteiger charge is 2.56. The van der Waals surface area contributed by atoms with Crippen molar-refractivity contribution < 1.29 is 22.7 Å². The van der Waals surface area contributed by atoms with Crippen LogP contribution in [-0.2, 0) is 25.1 Å². The second-order valence-corrected chi connectivity index (χ2v) is 13.0. The fourth-order valence-electron chi connectivity index (χ4n) is 6.38. The van der Waals surface area contributed by atoms with Gasteiger partial charge in [0.05, 0.1) is 11.0 Å². The van der Waals surface area contributed by atoms with Crippen LogP contribution in [0.1, 0.15) is 62.9 Å². The Hall–Kier alpha value is -3.03. The lowest BCUT2D eigenvalue weighted by Gasteiger charge is -2.44. The fraction of sp³-hybridized carbons (Fsp3) is 0.419. The molecule has 5 rings (SSSR count). The topological polar surface area (TPSA) is 80.8 Å². The lowest BCUT2D eigenvalue weighted by Crippen LogP contribution is -2.59. The van der Waals surface area contributed by atoms with Crippen molar-refractivity contribution in [2.45, 2.75) is 63.5 Å². The summed E-state index contributed by atoms with van der Waals surface area (Å²) in [5, 5.41) is 1.58. The van der Waals surface area contributed by atoms with Gasteiger partial charge in [0.2, 0.25) is 0 Å². The minimum absolute atomic E-state index is 0.0916. The SMILES string of the molecule is CC(C)[C@@H]1CC[C@@H](C)C[C@@H]1OCC(=O)N1[C@](C)(c2cccc3ccccc23)C(=O)c2ccccc2S1(=O)=O. The highest BCUT2D eigenvalue weighted by Crippen LogP contribution is 2.45. The van der Waals surface area contributed by atoms with E-state index in [1.54, 1.807) is 31.2 Å². The number of rotatable bonds is 5. The minimum Gasteiger partial charge on any atom is -0.368 e. The van der Waals surface area contributed by atoms with E-state index >= 15 is 0 Å². The first-order valence-electron chi connectivity index (χ1n) is 13.4. The maximum absolute atomic E-state index is 14.2. The molecule has 1 fully saturated rings. The smallest absolute Gasteiger partial charge is 0.268 e. The lowest BCUT2D eigenvalue weighted by atomic mass is 9.75. The molecular weight excluding hydrogens is 498 g/mol. The van der Waals surface area contributed by atoms with Gasteiger partial charge in [0.15, 0.2) is 5.78 Å².